The van der Waals surface area contributed by atoms with E-state index in [0.717, 1.165) is 53.9 Å². The first-order valence-corrected chi connectivity index (χ1v) is 11.8. The normalized spacial score (nSPS) is 26.1. The Bertz CT molecular complexity index is 1160. The molecule has 2 unspecified atom stereocenters. The van der Waals surface area contributed by atoms with Crippen molar-refractivity contribution in [2.24, 2.45) is 0 Å². The Morgan fingerprint density at radius 3 is 2.84 bits per heavy atom. The van der Waals surface area contributed by atoms with Crippen molar-refractivity contribution in [1.82, 2.24) is 20.1 Å². The highest BCUT2D eigenvalue weighted by Gasteiger charge is 2.54. The average molecular weight is 433 g/mol. The third-order valence-corrected chi connectivity index (χ3v) is 8.07. The van der Waals surface area contributed by atoms with Crippen LogP contribution in [0.3, 0.4) is 0 Å². The zero-order valence-corrected chi connectivity index (χ0v) is 18.0. The lowest BCUT2D eigenvalue weighted by Crippen LogP contribution is -2.47. The highest BCUT2D eigenvalue weighted by Crippen LogP contribution is 2.41. The minimum atomic E-state index is -0.906. The molecule has 6 nitrogen and oxygen atoms in total. The van der Waals surface area contributed by atoms with Crippen molar-refractivity contribution in [3.05, 3.63) is 64.7 Å². The Kier molecular flexibility index (Phi) is 4.36. The molecule has 3 heterocycles. The second-order valence-corrected chi connectivity index (χ2v) is 9.77. The maximum Gasteiger partial charge on any atom is 0.326 e. The third-order valence-electron chi connectivity index (χ3n) is 6.93. The second kappa shape index (κ2) is 7.14. The number of nitrogens with zero attached hydrogens (tertiary/aromatic N) is 3. The molecule has 0 bridgehead atoms. The number of aromatic nitrogens is 1. The van der Waals surface area contributed by atoms with Crippen LogP contribution in [-0.2, 0) is 16.8 Å². The molecule has 7 heteroatoms. The van der Waals surface area contributed by atoms with Crippen LogP contribution in [0, 0.1) is 0 Å². The van der Waals surface area contributed by atoms with Gasteiger partial charge in [0.15, 0.2) is 0 Å². The van der Waals surface area contributed by atoms with Gasteiger partial charge in [0, 0.05) is 6.54 Å². The van der Waals surface area contributed by atoms with Gasteiger partial charge in [-0.1, -0.05) is 36.4 Å². The predicted octanol–water partition coefficient (Wildman–Crippen LogP) is 4.17. The minimum Gasteiger partial charge on any atom is -0.319 e. The van der Waals surface area contributed by atoms with Crippen LogP contribution in [0.15, 0.2) is 48.5 Å². The highest BCUT2D eigenvalue weighted by atomic mass is 32.1. The SMILES string of the molecule is O=C1NC2(CCCc3ccccc32)C(=O)N1CN1CCCC1c1nc2ccccc2s1. The summed E-state index contributed by atoms with van der Waals surface area (Å²) in [5.74, 6) is -0.111. The van der Waals surface area contributed by atoms with Crippen LogP contribution in [0.2, 0.25) is 0 Å². The molecule has 3 amide bonds. The molecule has 0 radical (unpaired) electrons. The van der Waals surface area contributed by atoms with Crippen LogP contribution in [-0.4, -0.2) is 39.9 Å². The van der Waals surface area contributed by atoms with Crippen molar-refractivity contribution in [2.45, 2.75) is 43.7 Å². The third kappa shape index (κ3) is 2.91. The van der Waals surface area contributed by atoms with Crippen molar-refractivity contribution in [1.29, 1.82) is 0 Å². The number of carbonyl (C=O) groups is 2. The summed E-state index contributed by atoms with van der Waals surface area (Å²) >= 11 is 1.71. The van der Waals surface area contributed by atoms with Gasteiger partial charge in [0.05, 0.1) is 22.9 Å². The number of rotatable bonds is 3. The summed E-state index contributed by atoms with van der Waals surface area (Å²) in [5.41, 5.74) is 2.24. The standard InChI is InChI=1S/C24H24N4O2S/c29-22-24(13-5-8-16-7-1-2-9-17(16)24)26-23(30)28(22)15-27-14-6-11-19(27)21-25-18-10-3-4-12-20(18)31-21/h1-4,7,9-10,12,19H,5-6,8,11,13-15H2,(H,26,30). The van der Waals surface area contributed by atoms with E-state index in [-0.39, 0.29) is 18.0 Å². The second-order valence-electron chi connectivity index (χ2n) is 8.71. The summed E-state index contributed by atoms with van der Waals surface area (Å²) in [5, 5.41) is 4.15. The Balaban J connectivity index is 1.28. The van der Waals surface area contributed by atoms with E-state index in [0.29, 0.717) is 13.1 Å². The zero-order chi connectivity index (χ0) is 21.0. The number of nitrogens with one attached hydrogen (secondary N) is 1. The summed E-state index contributed by atoms with van der Waals surface area (Å²) < 4.78 is 1.18. The maximum atomic E-state index is 13.6. The lowest BCUT2D eigenvalue weighted by atomic mass is 9.76. The molecular weight excluding hydrogens is 408 g/mol. The first-order valence-electron chi connectivity index (χ1n) is 11.0. The number of thiazole rings is 1. The summed E-state index contributed by atoms with van der Waals surface area (Å²) in [7, 11) is 0. The average Bonchev–Trinajstić information content (AvgIpc) is 3.48. The fourth-order valence-electron chi connectivity index (χ4n) is 5.43. The molecule has 1 aliphatic carbocycles. The van der Waals surface area contributed by atoms with Crippen molar-refractivity contribution in [2.75, 3.05) is 13.2 Å². The van der Waals surface area contributed by atoms with E-state index < -0.39 is 5.54 Å². The molecule has 2 fully saturated rings. The number of imide groups is 1. The number of fused-ring (bicyclic) bond motifs is 3. The molecule has 3 aliphatic rings. The number of benzene rings is 2. The van der Waals surface area contributed by atoms with Crippen molar-refractivity contribution in [3.8, 4) is 0 Å². The number of likely N-dealkylation sites (tertiary alicyclic amines) is 1. The molecule has 1 aromatic heterocycles. The summed E-state index contributed by atoms with van der Waals surface area (Å²) in [6.07, 6.45) is 4.55. The van der Waals surface area contributed by atoms with Gasteiger partial charge < -0.3 is 5.32 Å². The lowest BCUT2D eigenvalue weighted by molar-refractivity contribution is -0.133. The van der Waals surface area contributed by atoms with Gasteiger partial charge in [-0.3, -0.25) is 9.69 Å². The Labute approximate surface area is 184 Å². The molecule has 2 saturated heterocycles. The molecule has 1 spiro atoms. The van der Waals surface area contributed by atoms with E-state index in [9.17, 15) is 9.59 Å². The Hall–Kier alpha value is -2.77. The molecular formula is C24H24N4O2S. The van der Waals surface area contributed by atoms with Gasteiger partial charge in [0.2, 0.25) is 0 Å². The van der Waals surface area contributed by atoms with Gasteiger partial charge in [0.1, 0.15) is 10.5 Å². The van der Waals surface area contributed by atoms with Gasteiger partial charge in [-0.15, -0.1) is 11.3 Å². The summed E-state index contributed by atoms with van der Waals surface area (Å²) in [6, 6.07) is 16.1. The molecule has 3 aromatic rings. The van der Waals surface area contributed by atoms with E-state index in [1.54, 1.807) is 11.3 Å². The quantitative estimate of drug-likeness (QED) is 0.631. The number of urea groups is 1. The van der Waals surface area contributed by atoms with E-state index in [1.165, 1.54) is 9.60 Å². The maximum absolute atomic E-state index is 13.6. The summed E-state index contributed by atoms with van der Waals surface area (Å²) in [6.45, 7) is 1.18. The van der Waals surface area contributed by atoms with Crippen molar-refractivity contribution < 1.29 is 9.59 Å². The monoisotopic (exact) mass is 432 g/mol. The number of para-hydroxylation sites is 1. The number of amides is 3. The van der Waals surface area contributed by atoms with Gasteiger partial charge in [-0.05, 0) is 55.4 Å². The fraction of sp³-hybridized carbons (Fsp3) is 0.375. The van der Waals surface area contributed by atoms with Crippen LogP contribution in [0.5, 0.6) is 0 Å². The highest BCUT2D eigenvalue weighted by molar-refractivity contribution is 7.18. The molecule has 6 rings (SSSR count). The molecule has 2 aliphatic heterocycles. The molecule has 158 valence electrons. The van der Waals surface area contributed by atoms with E-state index in [4.69, 9.17) is 4.98 Å². The fourth-order valence-corrected chi connectivity index (χ4v) is 6.57. The molecule has 1 N–H and O–H groups in total. The molecule has 31 heavy (non-hydrogen) atoms. The topological polar surface area (TPSA) is 65.5 Å². The van der Waals surface area contributed by atoms with E-state index >= 15 is 0 Å². The molecule has 2 aromatic carbocycles. The van der Waals surface area contributed by atoms with Gasteiger partial charge in [0.25, 0.3) is 5.91 Å². The predicted molar refractivity (Wildman–Crippen MR) is 120 cm³/mol. The first kappa shape index (κ1) is 19.0. The van der Waals surface area contributed by atoms with Crippen LogP contribution >= 0.6 is 11.3 Å². The molecule has 0 saturated carbocycles. The smallest absolute Gasteiger partial charge is 0.319 e. The largest absolute Gasteiger partial charge is 0.326 e. The zero-order valence-electron chi connectivity index (χ0n) is 17.2. The van der Waals surface area contributed by atoms with Gasteiger partial charge in [-0.2, -0.15) is 0 Å². The Morgan fingerprint density at radius 1 is 1.10 bits per heavy atom. The van der Waals surface area contributed by atoms with Gasteiger partial charge in [-0.25, -0.2) is 14.7 Å². The lowest BCUT2D eigenvalue weighted by Gasteiger charge is -2.33. The minimum absolute atomic E-state index is 0.111. The number of hydrogen-bond acceptors (Lipinski definition) is 5. The van der Waals surface area contributed by atoms with Crippen LogP contribution in [0.25, 0.3) is 10.2 Å². The van der Waals surface area contributed by atoms with E-state index in [1.807, 2.05) is 36.4 Å². The number of aryl methyl sites for hydroxylation is 1. The van der Waals surface area contributed by atoms with Gasteiger partial charge >= 0.3 is 6.03 Å². The Morgan fingerprint density at radius 2 is 1.94 bits per heavy atom. The van der Waals surface area contributed by atoms with E-state index in [2.05, 4.69) is 22.3 Å². The number of hydrogen-bond donors (Lipinski definition) is 1. The van der Waals surface area contributed by atoms with Crippen LogP contribution in [0.1, 0.15) is 47.9 Å². The van der Waals surface area contributed by atoms with Crippen molar-refractivity contribution in [3.63, 3.8) is 0 Å². The number of carbonyl (C=O) groups excluding carboxylic acids is 2. The summed E-state index contributed by atoms with van der Waals surface area (Å²) in [4.78, 5) is 35.1. The molecule has 2 atom stereocenters. The van der Waals surface area contributed by atoms with Crippen LogP contribution in [0.4, 0.5) is 4.79 Å². The van der Waals surface area contributed by atoms with Crippen LogP contribution < -0.4 is 5.32 Å². The van der Waals surface area contributed by atoms with Crippen molar-refractivity contribution >= 4 is 33.5 Å². The first-order chi connectivity index (χ1) is 15.2.